The van der Waals surface area contributed by atoms with Gasteiger partial charge in [0, 0.05) is 19.6 Å². The summed E-state index contributed by atoms with van der Waals surface area (Å²) in [5.74, 6) is -0.582. The zero-order valence-electron chi connectivity index (χ0n) is 16.5. The summed E-state index contributed by atoms with van der Waals surface area (Å²) in [6, 6.07) is 13.2. The highest BCUT2D eigenvalue weighted by Crippen LogP contribution is 2.21. The lowest BCUT2D eigenvalue weighted by Crippen LogP contribution is -2.44. The van der Waals surface area contributed by atoms with Crippen LogP contribution < -0.4 is 10.9 Å². The van der Waals surface area contributed by atoms with E-state index in [1.807, 2.05) is 6.07 Å². The van der Waals surface area contributed by atoms with Crippen LogP contribution in [0.15, 0.2) is 59.7 Å². The van der Waals surface area contributed by atoms with E-state index in [1.54, 1.807) is 30.3 Å². The normalized spacial score (nSPS) is 15.8. The largest absolute Gasteiger partial charge is 0.379 e. The number of benzene rings is 2. The van der Waals surface area contributed by atoms with E-state index in [1.165, 1.54) is 23.0 Å². The third-order valence-electron chi connectivity index (χ3n) is 5.28. The van der Waals surface area contributed by atoms with Gasteiger partial charge in [-0.15, -0.1) is 0 Å². The summed E-state index contributed by atoms with van der Waals surface area (Å²) in [6.45, 7) is 2.92. The first-order valence-electron chi connectivity index (χ1n) is 9.90. The van der Waals surface area contributed by atoms with Crippen molar-refractivity contribution in [3.8, 4) is 0 Å². The van der Waals surface area contributed by atoms with Crippen molar-refractivity contribution in [2.45, 2.75) is 12.6 Å². The minimum atomic E-state index is -0.299. The second-order valence-electron chi connectivity index (χ2n) is 7.21. The molecular formula is C22H23FN4O3. The zero-order chi connectivity index (χ0) is 20.9. The maximum atomic E-state index is 13.4. The number of nitrogens with zero attached hydrogens (tertiary/aromatic N) is 3. The number of para-hydroxylation sites is 1. The molecule has 4 rings (SSSR count). The zero-order valence-corrected chi connectivity index (χ0v) is 16.5. The summed E-state index contributed by atoms with van der Waals surface area (Å²) < 4.78 is 20.1. The third kappa shape index (κ3) is 4.55. The van der Waals surface area contributed by atoms with Crippen LogP contribution in [0.25, 0.3) is 10.9 Å². The first-order valence-corrected chi connectivity index (χ1v) is 9.90. The Labute approximate surface area is 173 Å². The predicted molar refractivity (Wildman–Crippen MR) is 111 cm³/mol. The first-order chi connectivity index (χ1) is 14.6. The van der Waals surface area contributed by atoms with Crippen LogP contribution in [0, 0.1) is 5.82 Å². The molecule has 1 fully saturated rings. The Morgan fingerprint density at radius 3 is 2.63 bits per heavy atom. The molecule has 1 saturated heterocycles. The number of amides is 1. The fourth-order valence-corrected chi connectivity index (χ4v) is 3.67. The Bertz CT molecular complexity index is 1080. The molecule has 0 aliphatic carbocycles. The van der Waals surface area contributed by atoms with E-state index in [9.17, 15) is 14.0 Å². The van der Waals surface area contributed by atoms with E-state index in [0.29, 0.717) is 30.7 Å². The van der Waals surface area contributed by atoms with Gasteiger partial charge in [0.25, 0.3) is 5.56 Å². The first kappa shape index (κ1) is 20.2. The summed E-state index contributed by atoms with van der Waals surface area (Å²) in [4.78, 5) is 31.6. The fourth-order valence-electron chi connectivity index (χ4n) is 3.67. The van der Waals surface area contributed by atoms with Crippen molar-refractivity contribution in [3.63, 3.8) is 0 Å². The summed E-state index contributed by atoms with van der Waals surface area (Å²) >= 11 is 0. The van der Waals surface area contributed by atoms with Crippen LogP contribution in [0.3, 0.4) is 0 Å². The lowest BCUT2D eigenvalue weighted by atomic mass is 10.0. The quantitative estimate of drug-likeness (QED) is 0.670. The molecule has 0 spiro atoms. The lowest BCUT2D eigenvalue weighted by molar-refractivity contribution is -0.122. The summed E-state index contributed by atoms with van der Waals surface area (Å²) in [7, 11) is 0. The predicted octanol–water partition coefficient (Wildman–Crippen LogP) is 1.73. The molecule has 156 valence electrons. The van der Waals surface area contributed by atoms with Crippen LogP contribution in [-0.2, 0) is 16.1 Å². The van der Waals surface area contributed by atoms with Gasteiger partial charge in [-0.25, -0.2) is 9.37 Å². The number of ether oxygens (including phenoxy) is 1. The number of carbonyl (C=O) groups excluding carboxylic acids is 1. The molecule has 1 aromatic heterocycles. The molecular weight excluding hydrogens is 387 g/mol. The number of hydrogen-bond acceptors (Lipinski definition) is 5. The second kappa shape index (κ2) is 9.15. The highest BCUT2D eigenvalue weighted by molar-refractivity contribution is 5.78. The highest BCUT2D eigenvalue weighted by Gasteiger charge is 2.23. The van der Waals surface area contributed by atoms with Gasteiger partial charge in [0.1, 0.15) is 12.4 Å². The average molecular weight is 410 g/mol. The molecule has 0 bridgehead atoms. The van der Waals surface area contributed by atoms with Gasteiger partial charge >= 0.3 is 0 Å². The molecule has 2 heterocycles. The minimum Gasteiger partial charge on any atom is -0.379 e. The molecule has 8 heteroatoms. The van der Waals surface area contributed by atoms with E-state index >= 15 is 0 Å². The molecule has 7 nitrogen and oxygen atoms in total. The maximum absolute atomic E-state index is 13.4. The van der Waals surface area contributed by atoms with Crippen molar-refractivity contribution in [2.24, 2.45) is 0 Å². The van der Waals surface area contributed by atoms with E-state index in [2.05, 4.69) is 15.2 Å². The van der Waals surface area contributed by atoms with Crippen LogP contribution in [-0.4, -0.2) is 53.2 Å². The number of fused-ring (bicyclic) bond motifs is 1. The van der Waals surface area contributed by atoms with Crippen LogP contribution >= 0.6 is 0 Å². The van der Waals surface area contributed by atoms with Gasteiger partial charge in [-0.2, -0.15) is 0 Å². The third-order valence-corrected chi connectivity index (χ3v) is 5.28. The molecule has 1 atom stereocenters. The molecule has 1 amide bonds. The Kier molecular flexibility index (Phi) is 6.15. The molecule has 0 unspecified atom stereocenters. The summed E-state index contributed by atoms with van der Waals surface area (Å²) in [6.07, 6.45) is 1.39. The number of carbonyl (C=O) groups is 1. The van der Waals surface area contributed by atoms with Crippen molar-refractivity contribution in [1.29, 1.82) is 0 Å². The fraction of sp³-hybridized carbons (Fsp3) is 0.318. The van der Waals surface area contributed by atoms with Crippen molar-refractivity contribution in [1.82, 2.24) is 19.8 Å². The molecule has 0 saturated carbocycles. The SMILES string of the molecule is O=C(Cn1cnc2ccccc2c1=O)NC[C@@H](c1ccc(F)cc1)N1CCOCC1. The van der Waals surface area contributed by atoms with Gasteiger partial charge < -0.3 is 10.1 Å². The summed E-state index contributed by atoms with van der Waals surface area (Å²) in [5, 5.41) is 3.39. The van der Waals surface area contributed by atoms with Gasteiger partial charge in [0.2, 0.25) is 5.91 Å². The van der Waals surface area contributed by atoms with Crippen LogP contribution in [0.5, 0.6) is 0 Å². The van der Waals surface area contributed by atoms with Gasteiger partial charge in [0.15, 0.2) is 0 Å². The molecule has 1 aliphatic heterocycles. The minimum absolute atomic E-state index is 0.107. The molecule has 0 radical (unpaired) electrons. The van der Waals surface area contributed by atoms with Gasteiger partial charge in [0.05, 0.1) is 36.5 Å². The highest BCUT2D eigenvalue weighted by atomic mass is 19.1. The van der Waals surface area contributed by atoms with Crippen molar-refractivity contribution >= 4 is 16.8 Å². The molecule has 3 aromatic rings. The molecule has 1 aliphatic rings. The number of aromatic nitrogens is 2. The van der Waals surface area contributed by atoms with Crippen LogP contribution in [0.2, 0.25) is 0 Å². The Hall–Kier alpha value is -3.10. The number of hydrogen-bond donors (Lipinski definition) is 1. The Balaban J connectivity index is 1.46. The molecule has 30 heavy (non-hydrogen) atoms. The topological polar surface area (TPSA) is 76.5 Å². The number of halogens is 1. The average Bonchev–Trinajstić information content (AvgIpc) is 2.78. The van der Waals surface area contributed by atoms with Gasteiger partial charge in [-0.1, -0.05) is 24.3 Å². The summed E-state index contributed by atoms with van der Waals surface area (Å²) in [5.41, 5.74) is 1.27. The van der Waals surface area contributed by atoms with Gasteiger partial charge in [-0.05, 0) is 29.8 Å². The maximum Gasteiger partial charge on any atom is 0.261 e. The van der Waals surface area contributed by atoms with E-state index in [4.69, 9.17) is 4.74 Å². The van der Waals surface area contributed by atoms with E-state index in [0.717, 1.165) is 18.7 Å². The number of nitrogens with one attached hydrogen (secondary N) is 1. The Morgan fingerprint density at radius 1 is 1.13 bits per heavy atom. The van der Waals surface area contributed by atoms with Crippen LogP contribution in [0.1, 0.15) is 11.6 Å². The van der Waals surface area contributed by atoms with Crippen molar-refractivity contribution < 1.29 is 13.9 Å². The molecule has 2 aromatic carbocycles. The number of morpholine rings is 1. The lowest BCUT2D eigenvalue weighted by Gasteiger charge is -2.35. The van der Waals surface area contributed by atoms with Crippen molar-refractivity contribution in [3.05, 3.63) is 76.6 Å². The smallest absolute Gasteiger partial charge is 0.261 e. The monoisotopic (exact) mass is 410 g/mol. The van der Waals surface area contributed by atoms with Gasteiger partial charge in [-0.3, -0.25) is 19.1 Å². The standard InChI is InChI=1S/C22H23FN4O3/c23-17-7-5-16(6-8-17)20(26-9-11-30-12-10-26)13-24-21(28)14-27-15-25-19-4-2-1-3-18(19)22(27)29/h1-8,15,20H,9-14H2,(H,24,28)/t20-/m0/s1. The van der Waals surface area contributed by atoms with Crippen LogP contribution in [0.4, 0.5) is 4.39 Å². The number of rotatable bonds is 6. The second-order valence-corrected chi connectivity index (χ2v) is 7.21. The van der Waals surface area contributed by atoms with Crippen molar-refractivity contribution in [2.75, 3.05) is 32.8 Å². The van der Waals surface area contributed by atoms with E-state index in [-0.39, 0.29) is 29.9 Å². The molecule has 1 N–H and O–H groups in total. The Morgan fingerprint density at radius 2 is 1.87 bits per heavy atom. The van der Waals surface area contributed by atoms with E-state index < -0.39 is 0 Å².